The maximum atomic E-state index is 13.8. The molecular weight excluding hydrogens is 273 g/mol. The predicted octanol–water partition coefficient (Wildman–Crippen LogP) is 4.48. The highest BCUT2D eigenvalue weighted by Gasteiger charge is 2.22. The largest absolute Gasteiger partial charge is 0.497 e. The highest BCUT2D eigenvalue weighted by atomic mass is 32.2. The summed E-state index contributed by atoms with van der Waals surface area (Å²) in [7, 11) is 1.65. The van der Waals surface area contributed by atoms with Gasteiger partial charge in [-0.1, -0.05) is 18.2 Å². The molecule has 0 radical (unpaired) electrons. The Morgan fingerprint density at radius 3 is 2.95 bits per heavy atom. The van der Waals surface area contributed by atoms with Crippen molar-refractivity contribution in [3.63, 3.8) is 0 Å². The van der Waals surface area contributed by atoms with Crippen molar-refractivity contribution in [1.82, 2.24) is 0 Å². The number of rotatable bonds is 3. The quantitative estimate of drug-likeness (QED) is 0.900. The van der Waals surface area contributed by atoms with Crippen LogP contribution in [0.5, 0.6) is 5.75 Å². The Morgan fingerprint density at radius 1 is 1.25 bits per heavy atom. The molecule has 0 aliphatic carbocycles. The number of ether oxygens (including phenoxy) is 1. The standard InChI is InChI=1S/C16H16FNOS/c1-19-12-5-2-4-11(10-12)18-15-8-9-20-16-13(15)6-3-7-14(16)17/h2-7,10,15,18H,8-9H2,1H3. The predicted molar refractivity (Wildman–Crippen MR) is 81.1 cm³/mol. The average molecular weight is 289 g/mol. The lowest BCUT2D eigenvalue weighted by atomic mass is 10.0. The summed E-state index contributed by atoms with van der Waals surface area (Å²) in [5.74, 6) is 1.62. The zero-order chi connectivity index (χ0) is 13.9. The fourth-order valence-corrected chi connectivity index (χ4v) is 3.59. The highest BCUT2D eigenvalue weighted by Crippen LogP contribution is 2.39. The lowest BCUT2D eigenvalue weighted by Crippen LogP contribution is -2.16. The van der Waals surface area contributed by atoms with E-state index in [1.165, 1.54) is 6.07 Å². The molecule has 1 heterocycles. The second kappa shape index (κ2) is 5.75. The Hall–Kier alpha value is -1.68. The molecule has 0 fully saturated rings. The van der Waals surface area contributed by atoms with Gasteiger partial charge in [-0.2, -0.15) is 0 Å². The van der Waals surface area contributed by atoms with E-state index in [-0.39, 0.29) is 11.9 Å². The van der Waals surface area contributed by atoms with Crippen LogP contribution in [-0.2, 0) is 0 Å². The van der Waals surface area contributed by atoms with Gasteiger partial charge in [0.05, 0.1) is 13.2 Å². The van der Waals surface area contributed by atoms with E-state index in [9.17, 15) is 4.39 Å². The van der Waals surface area contributed by atoms with Gasteiger partial charge in [0.1, 0.15) is 11.6 Å². The van der Waals surface area contributed by atoms with E-state index in [0.29, 0.717) is 0 Å². The molecule has 1 aliphatic heterocycles. The molecule has 2 nitrogen and oxygen atoms in total. The van der Waals surface area contributed by atoms with Crippen molar-refractivity contribution in [2.45, 2.75) is 17.4 Å². The van der Waals surface area contributed by atoms with Crippen molar-refractivity contribution in [2.24, 2.45) is 0 Å². The molecule has 1 atom stereocenters. The minimum Gasteiger partial charge on any atom is -0.497 e. The fraction of sp³-hybridized carbons (Fsp3) is 0.250. The average Bonchev–Trinajstić information content (AvgIpc) is 2.49. The highest BCUT2D eigenvalue weighted by molar-refractivity contribution is 7.99. The Labute approximate surface area is 122 Å². The summed E-state index contributed by atoms with van der Waals surface area (Å²) in [5, 5.41) is 3.48. The first-order valence-electron chi connectivity index (χ1n) is 6.60. The van der Waals surface area contributed by atoms with Gasteiger partial charge in [0.15, 0.2) is 0 Å². The SMILES string of the molecule is COc1cccc(NC2CCSc3c(F)cccc32)c1. The summed E-state index contributed by atoms with van der Waals surface area (Å²) in [6.45, 7) is 0. The summed E-state index contributed by atoms with van der Waals surface area (Å²) in [6.07, 6.45) is 0.984. The van der Waals surface area contributed by atoms with E-state index in [4.69, 9.17) is 4.74 Å². The van der Waals surface area contributed by atoms with Crippen LogP contribution in [0.15, 0.2) is 47.4 Å². The van der Waals surface area contributed by atoms with Gasteiger partial charge in [0.2, 0.25) is 0 Å². The Kier molecular flexibility index (Phi) is 3.83. The van der Waals surface area contributed by atoms with Crippen molar-refractivity contribution in [1.29, 1.82) is 0 Å². The molecule has 1 aliphatic rings. The molecular formula is C16H16FNOS. The third-order valence-corrected chi connectivity index (χ3v) is 4.60. The number of methoxy groups -OCH3 is 1. The lowest BCUT2D eigenvalue weighted by molar-refractivity contribution is 0.415. The zero-order valence-corrected chi connectivity index (χ0v) is 12.0. The number of hydrogen-bond donors (Lipinski definition) is 1. The number of hydrogen-bond acceptors (Lipinski definition) is 3. The first kappa shape index (κ1) is 13.3. The maximum Gasteiger partial charge on any atom is 0.137 e. The van der Waals surface area contributed by atoms with Gasteiger partial charge in [-0.05, 0) is 30.2 Å². The van der Waals surface area contributed by atoms with Crippen molar-refractivity contribution in [3.8, 4) is 5.75 Å². The third kappa shape index (κ3) is 2.61. The zero-order valence-electron chi connectivity index (χ0n) is 11.2. The topological polar surface area (TPSA) is 21.3 Å². The van der Waals surface area contributed by atoms with Crippen LogP contribution in [-0.4, -0.2) is 12.9 Å². The number of thioether (sulfide) groups is 1. The van der Waals surface area contributed by atoms with Crippen LogP contribution < -0.4 is 10.1 Å². The molecule has 0 spiro atoms. The minimum atomic E-state index is -0.121. The second-order valence-electron chi connectivity index (χ2n) is 4.72. The first-order valence-corrected chi connectivity index (χ1v) is 7.58. The van der Waals surface area contributed by atoms with Gasteiger partial charge in [0.25, 0.3) is 0 Å². The monoisotopic (exact) mass is 289 g/mol. The normalized spacial score (nSPS) is 17.4. The smallest absolute Gasteiger partial charge is 0.137 e. The molecule has 0 saturated heterocycles. The number of fused-ring (bicyclic) bond motifs is 1. The van der Waals surface area contributed by atoms with Crippen LogP contribution in [0.25, 0.3) is 0 Å². The summed E-state index contributed by atoms with van der Waals surface area (Å²) in [5.41, 5.74) is 2.04. The molecule has 2 aromatic rings. The van der Waals surface area contributed by atoms with Gasteiger partial charge in [-0.3, -0.25) is 0 Å². The minimum absolute atomic E-state index is 0.121. The number of benzene rings is 2. The lowest BCUT2D eigenvalue weighted by Gasteiger charge is -2.27. The van der Waals surface area contributed by atoms with Crippen molar-refractivity contribution in [2.75, 3.05) is 18.2 Å². The number of nitrogens with one attached hydrogen (secondary N) is 1. The van der Waals surface area contributed by atoms with Crippen molar-refractivity contribution in [3.05, 3.63) is 53.8 Å². The fourth-order valence-electron chi connectivity index (χ4n) is 2.45. The van der Waals surface area contributed by atoms with Gasteiger partial charge in [-0.25, -0.2) is 4.39 Å². The van der Waals surface area contributed by atoms with Crippen molar-refractivity contribution < 1.29 is 9.13 Å². The van der Waals surface area contributed by atoms with Crippen LogP contribution in [0, 0.1) is 5.82 Å². The van der Waals surface area contributed by atoms with E-state index in [1.807, 2.05) is 30.3 Å². The van der Waals surface area contributed by atoms with E-state index in [1.54, 1.807) is 24.9 Å². The maximum absolute atomic E-state index is 13.8. The molecule has 4 heteroatoms. The van der Waals surface area contributed by atoms with Crippen LogP contribution in [0.4, 0.5) is 10.1 Å². The van der Waals surface area contributed by atoms with Gasteiger partial charge < -0.3 is 10.1 Å². The van der Waals surface area contributed by atoms with Crippen LogP contribution in [0.1, 0.15) is 18.0 Å². The third-order valence-electron chi connectivity index (χ3n) is 3.44. The molecule has 20 heavy (non-hydrogen) atoms. The number of anilines is 1. The van der Waals surface area contributed by atoms with Gasteiger partial charge in [-0.15, -0.1) is 11.8 Å². The van der Waals surface area contributed by atoms with Crippen LogP contribution >= 0.6 is 11.8 Å². The first-order chi connectivity index (χ1) is 9.78. The molecule has 1 N–H and O–H groups in total. The van der Waals surface area contributed by atoms with Crippen LogP contribution in [0.3, 0.4) is 0 Å². The van der Waals surface area contributed by atoms with E-state index in [2.05, 4.69) is 5.32 Å². The van der Waals surface area contributed by atoms with Gasteiger partial charge >= 0.3 is 0 Å². The molecule has 0 aromatic heterocycles. The molecule has 2 aromatic carbocycles. The molecule has 0 bridgehead atoms. The van der Waals surface area contributed by atoms with Gasteiger partial charge in [0, 0.05) is 22.4 Å². The molecule has 1 unspecified atom stereocenters. The second-order valence-corrected chi connectivity index (χ2v) is 5.83. The molecule has 0 amide bonds. The molecule has 104 valence electrons. The Morgan fingerprint density at radius 2 is 2.10 bits per heavy atom. The molecule has 0 saturated carbocycles. The summed E-state index contributed by atoms with van der Waals surface area (Å²) < 4.78 is 19.1. The van der Waals surface area contributed by atoms with E-state index >= 15 is 0 Å². The summed E-state index contributed by atoms with van der Waals surface area (Å²) in [6, 6.07) is 13.3. The summed E-state index contributed by atoms with van der Waals surface area (Å²) in [4.78, 5) is 0.777. The summed E-state index contributed by atoms with van der Waals surface area (Å²) >= 11 is 1.60. The van der Waals surface area contributed by atoms with E-state index in [0.717, 1.165) is 34.1 Å². The Bertz CT molecular complexity index is 617. The number of halogens is 1. The van der Waals surface area contributed by atoms with Crippen molar-refractivity contribution >= 4 is 17.4 Å². The molecule has 3 rings (SSSR count). The van der Waals surface area contributed by atoms with E-state index < -0.39 is 0 Å². The Balaban J connectivity index is 1.87. The van der Waals surface area contributed by atoms with Crippen LogP contribution in [0.2, 0.25) is 0 Å².